The summed E-state index contributed by atoms with van der Waals surface area (Å²) in [5, 5.41) is 0. The molecule has 4 heteroatoms. The molecule has 1 aliphatic carbocycles. The highest BCUT2D eigenvalue weighted by Gasteiger charge is 2.38. The van der Waals surface area contributed by atoms with Gasteiger partial charge in [0.2, 0.25) is 0 Å². The minimum Gasteiger partial charge on any atom is -0.494 e. The Morgan fingerprint density at radius 1 is 1.33 bits per heavy atom. The number of hydrogen-bond acceptors (Lipinski definition) is 2. The maximum Gasteiger partial charge on any atom is 0.123 e. The van der Waals surface area contributed by atoms with Crippen LogP contribution in [0.15, 0.2) is 24.0 Å². The van der Waals surface area contributed by atoms with Gasteiger partial charge in [0, 0.05) is 13.0 Å². The number of allylic oxidation sites excluding steroid dienone is 1. The SMILES string of the molecule is CCCCC(CC)COC1=CC(CF)C(CF)(OC)C=C1. The Bertz CT molecular complexity index is 349. The predicted octanol–water partition coefficient (Wildman–Crippen LogP) is 4.61. The summed E-state index contributed by atoms with van der Waals surface area (Å²) < 4.78 is 37.3. The average Bonchev–Trinajstić information content (AvgIpc) is 2.54. The molecule has 0 bridgehead atoms. The quantitative estimate of drug-likeness (QED) is 0.586. The van der Waals surface area contributed by atoms with Crippen LogP contribution in [0.3, 0.4) is 0 Å². The van der Waals surface area contributed by atoms with E-state index in [-0.39, 0.29) is 0 Å². The highest BCUT2D eigenvalue weighted by molar-refractivity contribution is 5.27. The Morgan fingerprint density at radius 2 is 2.10 bits per heavy atom. The molecule has 0 aromatic rings. The van der Waals surface area contributed by atoms with E-state index in [1.54, 1.807) is 18.2 Å². The maximum atomic E-state index is 13.2. The fraction of sp³-hybridized carbons (Fsp3) is 0.765. The zero-order valence-electron chi connectivity index (χ0n) is 13.4. The van der Waals surface area contributed by atoms with Crippen LogP contribution in [0, 0.1) is 11.8 Å². The van der Waals surface area contributed by atoms with Crippen molar-refractivity contribution < 1.29 is 18.3 Å². The predicted molar refractivity (Wildman–Crippen MR) is 81.7 cm³/mol. The smallest absolute Gasteiger partial charge is 0.123 e. The van der Waals surface area contributed by atoms with Crippen LogP contribution >= 0.6 is 0 Å². The van der Waals surface area contributed by atoms with Gasteiger partial charge in [0.15, 0.2) is 0 Å². The third-order valence-corrected chi connectivity index (χ3v) is 4.31. The van der Waals surface area contributed by atoms with E-state index in [9.17, 15) is 8.78 Å². The van der Waals surface area contributed by atoms with E-state index in [0.29, 0.717) is 18.3 Å². The van der Waals surface area contributed by atoms with Crippen molar-refractivity contribution in [1.29, 1.82) is 0 Å². The second kappa shape index (κ2) is 9.19. The minimum atomic E-state index is -1.19. The molecule has 0 saturated carbocycles. The largest absolute Gasteiger partial charge is 0.494 e. The summed E-state index contributed by atoms with van der Waals surface area (Å²) in [6.07, 6.45) is 9.50. The Kier molecular flexibility index (Phi) is 7.94. The minimum absolute atomic E-state index is 0.512. The monoisotopic (exact) mass is 302 g/mol. The summed E-state index contributed by atoms with van der Waals surface area (Å²) in [5.74, 6) is 0.496. The molecule has 0 aromatic heterocycles. The maximum absolute atomic E-state index is 13.2. The van der Waals surface area contributed by atoms with E-state index in [4.69, 9.17) is 9.47 Å². The van der Waals surface area contributed by atoms with Crippen LogP contribution in [0.25, 0.3) is 0 Å². The van der Waals surface area contributed by atoms with Gasteiger partial charge < -0.3 is 9.47 Å². The van der Waals surface area contributed by atoms with Crippen molar-refractivity contribution in [1.82, 2.24) is 0 Å². The van der Waals surface area contributed by atoms with Gasteiger partial charge in [0.05, 0.1) is 13.3 Å². The highest BCUT2D eigenvalue weighted by atomic mass is 19.1. The third kappa shape index (κ3) is 4.80. The summed E-state index contributed by atoms with van der Waals surface area (Å²) in [6.45, 7) is 3.54. The molecule has 0 heterocycles. The van der Waals surface area contributed by atoms with E-state index in [1.165, 1.54) is 20.0 Å². The Labute approximate surface area is 127 Å². The molecule has 3 unspecified atom stereocenters. The molecule has 0 radical (unpaired) electrons. The van der Waals surface area contributed by atoms with E-state index >= 15 is 0 Å². The number of rotatable bonds is 10. The summed E-state index contributed by atoms with van der Waals surface area (Å²) >= 11 is 0. The van der Waals surface area contributed by atoms with Gasteiger partial charge in [-0.1, -0.05) is 33.1 Å². The molecule has 0 aliphatic heterocycles. The van der Waals surface area contributed by atoms with Crippen molar-refractivity contribution in [3.8, 4) is 0 Å². The van der Waals surface area contributed by atoms with Gasteiger partial charge in [-0.25, -0.2) is 4.39 Å². The fourth-order valence-corrected chi connectivity index (χ4v) is 2.54. The Morgan fingerprint density at radius 3 is 2.62 bits per heavy atom. The molecule has 0 aromatic carbocycles. The van der Waals surface area contributed by atoms with Crippen molar-refractivity contribution in [2.75, 3.05) is 27.1 Å². The molecule has 3 atom stereocenters. The molecule has 1 rings (SSSR count). The van der Waals surface area contributed by atoms with Crippen LogP contribution in [-0.4, -0.2) is 32.7 Å². The van der Waals surface area contributed by atoms with Crippen LogP contribution < -0.4 is 0 Å². The lowest BCUT2D eigenvalue weighted by Crippen LogP contribution is -2.42. The lowest BCUT2D eigenvalue weighted by Gasteiger charge is -2.34. The van der Waals surface area contributed by atoms with E-state index in [1.807, 2.05) is 0 Å². The summed E-state index contributed by atoms with van der Waals surface area (Å²) in [4.78, 5) is 0. The molecule has 0 spiro atoms. The number of unbranched alkanes of at least 4 members (excludes halogenated alkanes) is 1. The average molecular weight is 302 g/mol. The van der Waals surface area contributed by atoms with Crippen molar-refractivity contribution in [3.05, 3.63) is 24.0 Å². The lowest BCUT2D eigenvalue weighted by molar-refractivity contribution is -0.0305. The number of ether oxygens (including phenoxy) is 2. The molecule has 0 fully saturated rings. The molecular formula is C17H28F2O2. The second-order valence-electron chi connectivity index (χ2n) is 5.68. The first kappa shape index (κ1) is 18.1. The second-order valence-corrected chi connectivity index (χ2v) is 5.68. The van der Waals surface area contributed by atoms with Crippen LogP contribution in [0.4, 0.5) is 8.78 Å². The first-order chi connectivity index (χ1) is 10.2. The Hall–Kier alpha value is -0.900. The van der Waals surface area contributed by atoms with Crippen LogP contribution in [-0.2, 0) is 9.47 Å². The van der Waals surface area contributed by atoms with E-state index in [0.717, 1.165) is 12.8 Å². The van der Waals surface area contributed by atoms with Gasteiger partial charge in [-0.2, -0.15) is 0 Å². The van der Waals surface area contributed by atoms with E-state index < -0.39 is 24.9 Å². The Balaban J connectivity index is 2.61. The topological polar surface area (TPSA) is 18.5 Å². The molecule has 2 nitrogen and oxygen atoms in total. The molecular weight excluding hydrogens is 274 g/mol. The first-order valence-corrected chi connectivity index (χ1v) is 7.86. The van der Waals surface area contributed by atoms with Crippen molar-refractivity contribution in [2.24, 2.45) is 11.8 Å². The standard InChI is InChI=1S/C17H28F2O2/c1-4-6-7-14(5-2)12-21-16-8-9-17(13-19,20-3)15(10-16)11-18/h8-10,14-15H,4-7,11-13H2,1-3H3. The van der Waals surface area contributed by atoms with Gasteiger partial charge in [-0.05, 0) is 30.6 Å². The number of hydrogen-bond donors (Lipinski definition) is 0. The van der Waals surface area contributed by atoms with Gasteiger partial charge >= 0.3 is 0 Å². The normalized spacial score (nSPS) is 26.5. The van der Waals surface area contributed by atoms with Crippen molar-refractivity contribution >= 4 is 0 Å². The first-order valence-electron chi connectivity index (χ1n) is 7.86. The lowest BCUT2D eigenvalue weighted by atomic mass is 9.85. The van der Waals surface area contributed by atoms with Gasteiger partial charge in [0.25, 0.3) is 0 Å². The molecule has 1 aliphatic rings. The van der Waals surface area contributed by atoms with Crippen LogP contribution in [0.1, 0.15) is 39.5 Å². The van der Waals surface area contributed by atoms with Gasteiger partial charge in [-0.3, -0.25) is 4.39 Å². The number of methoxy groups -OCH3 is 1. The molecule has 122 valence electrons. The van der Waals surface area contributed by atoms with Crippen LogP contribution in [0.2, 0.25) is 0 Å². The van der Waals surface area contributed by atoms with E-state index in [2.05, 4.69) is 13.8 Å². The van der Waals surface area contributed by atoms with Gasteiger partial charge in [0.1, 0.15) is 18.0 Å². The zero-order chi connectivity index (χ0) is 15.7. The summed E-state index contributed by atoms with van der Waals surface area (Å²) in [5.41, 5.74) is -1.19. The number of halogens is 2. The highest BCUT2D eigenvalue weighted by Crippen LogP contribution is 2.32. The molecule has 0 N–H and O–H groups in total. The molecule has 0 amide bonds. The number of alkyl halides is 2. The van der Waals surface area contributed by atoms with Crippen LogP contribution in [0.5, 0.6) is 0 Å². The molecule has 0 saturated heterocycles. The zero-order valence-corrected chi connectivity index (χ0v) is 13.4. The fourth-order valence-electron chi connectivity index (χ4n) is 2.54. The summed E-state index contributed by atoms with van der Waals surface area (Å²) in [6, 6.07) is 0. The third-order valence-electron chi connectivity index (χ3n) is 4.31. The van der Waals surface area contributed by atoms with Gasteiger partial charge in [-0.15, -0.1) is 0 Å². The molecule has 21 heavy (non-hydrogen) atoms. The van der Waals surface area contributed by atoms with Crippen molar-refractivity contribution in [2.45, 2.75) is 45.1 Å². The summed E-state index contributed by atoms with van der Waals surface area (Å²) in [7, 11) is 1.41. The van der Waals surface area contributed by atoms with Crippen molar-refractivity contribution in [3.63, 3.8) is 0 Å².